The van der Waals surface area contributed by atoms with Gasteiger partial charge in [-0.05, 0) is 23.3 Å². The first-order valence-corrected chi connectivity index (χ1v) is 10.9. The van der Waals surface area contributed by atoms with Crippen LogP contribution in [0.25, 0.3) is 11.3 Å². The summed E-state index contributed by atoms with van der Waals surface area (Å²) in [5.41, 5.74) is 9.68. The SMILES string of the molecule is CNC(=O)c1nc(-c2cccc(C(=O)NCC(c3ccccc3)c3ccccc3)c2)cnc1N. The van der Waals surface area contributed by atoms with Gasteiger partial charge in [0.15, 0.2) is 11.5 Å². The lowest BCUT2D eigenvalue weighted by Crippen LogP contribution is -2.29. The van der Waals surface area contributed by atoms with Crippen molar-refractivity contribution in [1.82, 2.24) is 20.6 Å². The van der Waals surface area contributed by atoms with Crippen LogP contribution >= 0.6 is 0 Å². The van der Waals surface area contributed by atoms with Gasteiger partial charge < -0.3 is 16.4 Å². The maximum atomic E-state index is 13.0. The van der Waals surface area contributed by atoms with Crippen LogP contribution in [0.15, 0.2) is 91.1 Å². The summed E-state index contributed by atoms with van der Waals surface area (Å²) >= 11 is 0. The summed E-state index contributed by atoms with van der Waals surface area (Å²) in [7, 11) is 1.50. The molecule has 0 saturated carbocycles. The minimum atomic E-state index is -0.423. The van der Waals surface area contributed by atoms with E-state index in [0.717, 1.165) is 11.1 Å². The van der Waals surface area contributed by atoms with Gasteiger partial charge in [-0.15, -0.1) is 0 Å². The number of carbonyl (C=O) groups excluding carboxylic acids is 2. The van der Waals surface area contributed by atoms with Crippen LogP contribution in [-0.2, 0) is 0 Å². The van der Waals surface area contributed by atoms with Gasteiger partial charge in [-0.3, -0.25) is 9.59 Å². The number of anilines is 1. The monoisotopic (exact) mass is 451 g/mol. The number of rotatable bonds is 7. The minimum absolute atomic E-state index is 0.0209. The van der Waals surface area contributed by atoms with Gasteiger partial charge in [-0.25, -0.2) is 9.97 Å². The number of benzene rings is 3. The lowest BCUT2D eigenvalue weighted by atomic mass is 9.91. The molecule has 0 aliphatic heterocycles. The summed E-state index contributed by atoms with van der Waals surface area (Å²) in [6.45, 7) is 0.444. The predicted molar refractivity (Wildman–Crippen MR) is 132 cm³/mol. The number of hydrogen-bond acceptors (Lipinski definition) is 5. The summed E-state index contributed by atoms with van der Waals surface area (Å²) in [5, 5.41) is 5.56. The van der Waals surface area contributed by atoms with E-state index in [-0.39, 0.29) is 23.3 Å². The topological polar surface area (TPSA) is 110 Å². The molecule has 34 heavy (non-hydrogen) atoms. The standard InChI is InChI=1S/C27H25N5O2/c1-29-27(34)24-25(28)30-17-23(32-24)20-13-8-14-21(15-20)26(33)31-16-22(18-9-4-2-5-10-18)19-11-6-3-7-12-19/h2-15,17,22H,16H2,1H3,(H2,28,30)(H,29,34)(H,31,33). The van der Waals surface area contributed by atoms with E-state index in [1.54, 1.807) is 24.3 Å². The van der Waals surface area contributed by atoms with Crippen LogP contribution in [0.1, 0.15) is 37.9 Å². The van der Waals surface area contributed by atoms with E-state index in [1.807, 2.05) is 36.4 Å². The van der Waals surface area contributed by atoms with Crippen molar-refractivity contribution in [2.24, 2.45) is 0 Å². The van der Waals surface area contributed by atoms with Crippen molar-refractivity contribution in [3.63, 3.8) is 0 Å². The Balaban J connectivity index is 1.55. The van der Waals surface area contributed by atoms with Crippen LogP contribution in [-0.4, -0.2) is 35.4 Å². The fourth-order valence-electron chi connectivity index (χ4n) is 3.74. The lowest BCUT2D eigenvalue weighted by Gasteiger charge is -2.19. The summed E-state index contributed by atoms with van der Waals surface area (Å²) in [5.74, 6) is -0.556. The second kappa shape index (κ2) is 10.4. The third-order valence-electron chi connectivity index (χ3n) is 5.53. The Bertz CT molecular complexity index is 1250. The quantitative estimate of drug-likeness (QED) is 0.397. The fraction of sp³-hybridized carbons (Fsp3) is 0.111. The first-order chi connectivity index (χ1) is 16.6. The molecule has 0 spiro atoms. The highest BCUT2D eigenvalue weighted by Crippen LogP contribution is 2.24. The van der Waals surface area contributed by atoms with Crippen molar-refractivity contribution in [1.29, 1.82) is 0 Å². The van der Waals surface area contributed by atoms with Crippen LogP contribution in [0.5, 0.6) is 0 Å². The average molecular weight is 452 g/mol. The second-order valence-corrected chi connectivity index (χ2v) is 7.73. The maximum absolute atomic E-state index is 13.0. The molecule has 1 aromatic heterocycles. The zero-order chi connectivity index (χ0) is 23.9. The summed E-state index contributed by atoms with van der Waals surface area (Å²) in [6.07, 6.45) is 1.49. The molecule has 0 bridgehead atoms. The number of amides is 2. The Hall–Kier alpha value is -4.52. The number of carbonyl (C=O) groups is 2. The molecule has 0 unspecified atom stereocenters. The second-order valence-electron chi connectivity index (χ2n) is 7.73. The zero-order valence-electron chi connectivity index (χ0n) is 18.7. The van der Waals surface area contributed by atoms with Crippen LogP contribution in [0.3, 0.4) is 0 Å². The summed E-state index contributed by atoms with van der Waals surface area (Å²) < 4.78 is 0. The van der Waals surface area contributed by atoms with E-state index in [0.29, 0.717) is 23.4 Å². The number of nitrogens with one attached hydrogen (secondary N) is 2. The smallest absolute Gasteiger partial charge is 0.273 e. The molecule has 0 fully saturated rings. The van der Waals surface area contributed by atoms with Crippen LogP contribution in [0.2, 0.25) is 0 Å². The van der Waals surface area contributed by atoms with Crippen molar-refractivity contribution in [2.45, 2.75) is 5.92 Å². The molecule has 0 atom stereocenters. The molecule has 7 nitrogen and oxygen atoms in total. The highest BCUT2D eigenvalue weighted by molar-refractivity contribution is 5.97. The van der Waals surface area contributed by atoms with Gasteiger partial charge >= 0.3 is 0 Å². The van der Waals surface area contributed by atoms with E-state index in [9.17, 15) is 9.59 Å². The van der Waals surface area contributed by atoms with Crippen molar-refractivity contribution in [3.8, 4) is 11.3 Å². The zero-order valence-corrected chi connectivity index (χ0v) is 18.7. The molecule has 0 aliphatic rings. The molecule has 0 aliphatic carbocycles. The summed E-state index contributed by atoms with van der Waals surface area (Å²) in [4.78, 5) is 33.5. The van der Waals surface area contributed by atoms with Gasteiger partial charge in [0, 0.05) is 30.6 Å². The highest BCUT2D eigenvalue weighted by atomic mass is 16.2. The van der Waals surface area contributed by atoms with Crippen molar-refractivity contribution < 1.29 is 9.59 Å². The molecule has 7 heteroatoms. The molecule has 0 saturated heterocycles. The third-order valence-corrected chi connectivity index (χ3v) is 5.53. The molecule has 0 radical (unpaired) electrons. The van der Waals surface area contributed by atoms with E-state index in [2.05, 4.69) is 44.9 Å². The maximum Gasteiger partial charge on any atom is 0.273 e. The van der Waals surface area contributed by atoms with Crippen LogP contribution in [0, 0.1) is 0 Å². The van der Waals surface area contributed by atoms with Crippen LogP contribution < -0.4 is 16.4 Å². The molecular weight excluding hydrogens is 426 g/mol. The van der Waals surface area contributed by atoms with E-state index in [1.165, 1.54) is 13.2 Å². The van der Waals surface area contributed by atoms with Gasteiger partial charge in [0.2, 0.25) is 0 Å². The van der Waals surface area contributed by atoms with E-state index < -0.39 is 5.91 Å². The highest BCUT2D eigenvalue weighted by Gasteiger charge is 2.17. The Labute approximate surface area is 198 Å². The first kappa shape index (κ1) is 22.7. The molecular formula is C27H25N5O2. The Morgan fingerprint density at radius 3 is 2.15 bits per heavy atom. The normalized spacial score (nSPS) is 10.6. The molecule has 2 amide bonds. The lowest BCUT2D eigenvalue weighted by molar-refractivity contribution is 0.0946. The van der Waals surface area contributed by atoms with E-state index in [4.69, 9.17) is 5.73 Å². The average Bonchev–Trinajstić information content (AvgIpc) is 2.90. The molecule has 1 heterocycles. The third kappa shape index (κ3) is 5.10. The number of nitrogens with zero attached hydrogens (tertiary/aromatic N) is 2. The van der Waals surface area contributed by atoms with Gasteiger partial charge in [0.25, 0.3) is 11.8 Å². The minimum Gasteiger partial charge on any atom is -0.382 e. The molecule has 4 rings (SSSR count). The van der Waals surface area contributed by atoms with Crippen LogP contribution in [0.4, 0.5) is 5.82 Å². The van der Waals surface area contributed by atoms with Crippen molar-refractivity contribution in [2.75, 3.05) is 19.3 Å². The first-order valence-electron chi connectivity index (χ1n) is 10.9. The largest absolute Gasteiger partial charge is 0.382 e. The fourth-order valence-corrected chi connectivity index (χ4v) is 3.74. The molecule has 4 N–H and O–H groups in total. The predicted octanol–water partition coefficient (Wildman–Crippen LogP) is 3.65. The van der Waals surface area contributed by atoms with Gasteiger partial charge in [-0.1, -0.05) is 72.8 Å². The van der Waals surface area contributed by atoms with Gasteiger partial charge in [-0.2, -0.15) is 0 Å². The number of hydrogen-bond donors (Lipinski definition) is 3. The number of nitrogens with two attached hydrogens (primary N) is 1. The van der Waals surface area contributed by atoms with Gasteiger partial charge in [0.05, 0.1) is 11.9 Å². The van der Waals surface area contributed by atoms with Gasteiger partial charge in [0.1, 0.15) is 0 Å². The number of nitrogen functional groups attached to an aromatic ring is 1. The van der Waals surface area contributed by atoms with Crippen molar-refractivity contribution >= 4 is 17.6 Å². The Morgan fingerprint density at radius 1 is 0.882 bits per heavy atom. The Kier molecular flexibility index (Phi) is 6.93. The molecule has 4 aromatic rings. The summed E-state index contributed by atoms with van der Waals surface area (Å²) in [6, 6.07) is 27.2. The Morgan fingerprint density at radius 2 is 1.53 bits per heavy atom. The van der Waals surface area contributed by atoms with Crippen molar-refractivity contribution in [3.05, 3.63) is 114 Å². The molecule has 170 valence electrons. The van der Waals surface area contributed by atoms with E-state index >= 15 is 0 Å². The molecule has 3 aromatic carbocycles. The number of aromatic nitrogens is 2.